The van der Waals surface area contributed by atoms with Crippen molar-refractivity contribution in [2.24, 2.45) is 5.73 Å². The van der Waals surface area contributed by atoms with E-state index in [1.54, 1.807) is 25.3 Å². The van der Waals surface area contributed by atoms with Crippen LogP contribution in [0.2, 0.25) is 0 Å². The zero-order valence-corrected chi connectivity index (χ0v) is 8.40. The first kappa shape index (κ1) is 9.95. The molecule has 5 heteroatoms. The predicted molar refractivity (Wildman–Crippen MR) is 56.6 cm³/mol. The minimum absolute atomic E-state index is 0.208. The molecule has 1 unspecified atom stereocenters. The number of phenolic OH excluding ortho intramolecular Hbond substituents is 1. The lowest BCUT2D eigenvalue weighted by Crippen LogP contribution is -2.15. The molecule has 5 nitrogen and oxygen atoms in total. The van der Waals surface area contributed by atoms with Gasteiger partial charge in [0, 0.05) is 19.7 Å². The second kappa shape index (κ2) is 3.88. The average Bonchev–Trinajstić information content (AvgIpc) is 2.62. The largest absolute Gasteiger partial charge is 0.508 e. The first-order valence-electron chi connectivity index (χ1n) is 4.66. The van der Waals surface area contributed by atoms with Gasteiger partial charge in [0.2, 0.25) is 0 Å². The van der Waals surface area contributed by atoms with Gasteiger partial charge >= 0.3 is 0 Å². The van der Waals surface area contributed by atoms with Gasteiger partial charge in [-0.25, -0.2) is 4.98 Å². The lowest BCUT2D eigenvalue weighted by atomic mass is 10.3. The van der Waals surface area contributed by atoms with Gasteiger partial charge in [0.25, 0.3) is 0 Å². The number of nitrogens with zero attached hydrogens (tertiary/aromatic N) is 1. The van der Waals surface area contributed by atoms with Crippen LogP contribution in [0.15, 0.2) is 18.2 Å². The molecule has 0 saturated carbocycles. The van der Waals surface area contributed by atoms with E-state index in [2.05, 4.69) is 9.97 Å². The van der Waals surface area contributed by atoms with Gasteiger partial charge < -0.3 is 20.6 Å². The van der Waals surface area contributed by atoms with Crippen molar-refractivity contribution in [3.63, 3.8) is 0 Å². The lowest BCUT2D eigenvalue weighted by Gasteiger charge is -2.08. The topological polar surface area (TPSA) is 84.2 Å². The summed E-state index contributed by atoms with van der Waals surface area (Å²) in [6, 6.07) is 4.96. The molecule has 4 N–H and O–H groups in total. The molecule has 0 aliphatic rings. The van der Waals surface area contributed by atoms with Crippen molar-refractivity contribution in [2.75, 3.05) is 13.7 Å². The number of aromatic amines is 1. The number of phenols is 1. The number of nitrogens with two attached hydrogens (primary N) is 1. The average molecular weight is 207 g/mol. The standard InChI is InChI=1S/C10H13N3O2/c1-15-9(5-11)10-12-7-3-2-6(14)4-8(7)13-10/h2-4,9,14H,5,11H2,1H3,(H,12,13). The summed E-state index contributed by atoms with van der Waals surface area (Å²) in [6.45, 7) is 0.363. The molecule has 80 valence electrons. The second-order valence-electron chi connectivity index (χ2n) is 3.28. The van der Waals surface area contributed by atoms with Gasteiger partial charge in [0.05, 0.1) is 11.0 Å². The monoisotopic (exact) mass is 207 g/mol. The van der Waals surface area contributed by atoms with E-state index in [4.69, 9.17) is 10.5 Å². The third kappa shape index (κ3) is 1.79. The molecule has 1 atom stereocenters. The normalized spacial score (nSPS) is 13.2. The number of H-pyrrole nitrogens is 1. The molecule has 0 aliphatic heterocycles. The van der Waals surface area contributed by atoms with Crippen molar-refractivity contribution >= 4 is 11.0 Å². The Morgan fingerprint density at radius 3 is 3.07 bits per heavy atom. The second-order valence-corrected chi connectivity index (χ2v) is 3.28. The van der Waals surface area contributed by atoms with Crippen molar-refractivity contribution < 1.29 is 9.84 Å². The van der Waals surface area contributed by atoms with Gasteiger partial charge in [-0.1, -0.05) is 0 Å². The van der Waals surface area contributed by atoms with E-state index in [9.17, 15) is 5.11 Å². The number of ether oxygens (including phenoxy) is 1. The number of fused-ring (bicyclic) bond motifs is 1. The molecule has 1 aromatic heterocycles. The summed E-state index contributed by atoms with van der Waals surface area (Å²) in [5, 5.41) is 9.29. The molecule has 0 amide bonds. The minimum atomic E-state index is -0.237. The summed E-state index contributed by atoms with van der Waals surface area (Å²) in [5.41, 5.74) is 7.10. The van der Waals surface area contributed by atoms with Crippen LogP contribution in [0.3, 0.4) is 0 Å². The zero-order chi connectivity index (χ0) is 10.8. The summed E-state index contributed by atoms with van der Waals surface area (Å²) in [7, 11) is 1.59. The Balaban J connectivity index is 2.46. The van der Waals surface area contributed by atoms with Crippen LogP contribution in [-0.2, 0) is 4.74 Å². The Morgan fingerprint density at radius 2 is 2.40 bits per heavy atom. The highest BCUT2D eigenvalue weighted by Gasteiger charge is 2.13. The Hall–Kier alpha value is -1.59. The number of rotatable bonds is 3. The number of aromatic nitrogens is 2. The maximum absolute atomic E-state index is 9.29. The van der Waals surface area contributed by atoms with Crippen molar-refractivity contribution in [3.05, 3.63) is 24.0 Å². The Morgan fingerprint density at radius 1 is 1.60 bits per heavy atom. The molecule has 0 saturated heterocycles. The number of hydrogen-bond acceptors (Lipinski definition) is 4. The number of methoxy groups -OCH3 is 1. The van der Waals surface area contributed by atoms with E-state index in [1.807, 2.05) is 0 Å². The molecular formula is C10H13N3O2. The molecule has 15 heavy (non-hydrogen) atoms. The lowest BCUT2D eigenvalue weighted by molar-refractivity contribution is 0.104. The predicted octanol–water partition coefficient (Wildman–Crippen LogP) is 0.915. The van der Waals surface area contributed by atoms with E-state index < -0.39 is 0 Å². The maximum Gasteiger partial charge on any atom is 0.137 e. The third-order valence-corrected chi connectivity index (χ3v) is 2.29. The highest BCUT2D eigenvalue weighted by molar-refractivity contribution is 5.76. The van der Waals surface area contributed by atoms with Crippen LogP contribution in [0.4, 0.5) is 0 Å². The molecule has 0 bridgehead atoms. The summed E-state index contributed by atoms with van der Waals surface area (Å²) in [5.74, 6) is 0.889. The first-order chi connectivity index (χ1) is 7.24. The van der Waals surface area contributed by atoms with Crippen LogP contribution < -0.4 is 5.73 Å². The summed E-state index contributed by atoms with van der Waals surface area (Å²) in [6.07, 6.45) is -0.237. The highest BCUT2D eigenvalue weighted by atomic mass is 16.5. The summed E-state index contributed by atoms with van der Waals surface area (Å²) < 4.78 is 5.16. The van der Waals surface area contributed by atoms with Crippen LogP contribution in [-0.4, -0.2) is 28.7 Å². The van der Waals surface area contributed by atoms with Crippen molar-refractivity contribution in [2.45, 2.75) is 6.10 Å². The zero-order valence-electron chi connectivity index (χ0n) is 8.40. The van der Waals surface area contributed by atoms with E-state index in [0.717, 1.165) is 11.0 Å². The molecule has 1 heterocycles. The molecular weight excluding hydrogens is 194 g/mol. The van der Waals surface area contributed by atoms with E-state index in [1.165, 1.54) is 0 Å². The van der Waals surface area contributed by atoms with E-state index in [-0.39, 0.29) is 11.9 Å². The van der Waals surface area contributed by atoms with E-state index >= 15 is 0 Å². The van der Waals surface area contributed by atoms with Crippen molar-refractivity contribution in [1.82, 2.24) is 9.97 Å². The molecule has 2 rings (SSSR count). The molecule has 0 aliphatic carbocycles. The van der Waals surface area contributed by atoms with Gasteiger partial charge in [-0.15, -0.1) is 0 Å². The highest BCUT2D eigenvalue weighted by Crippen LogP contribution is 2.20. The van der Waals surface area contributed by atoms with Crippen LogP contribution in [0.25, 0.3) is 11.0 Å². The van der Waals surface area contributed by atoms with Gasteiger partial charge in [-0.05, 0) is 12.1 Å². The number of aromatic hydroxyl groups is 1. The van der Waals surface area contributed by atoms with Gasteiger partial charge in [0.15, 0.2) is 0 Å². The number of nitrogens with one attached hydrogen (secondary N) is 1. The molecule has 1 aromatic carbocycles. The number of benzene rings is 1. The smallest absolute Gasteiger partial charge is 0.137 e. The van der Waals surface area contributed by atoms with Gasteiger partial charge in [-0.2, -0.15) is 0 Å². The quantitative estimate of drug-likeness (QED) is 0.698. The molecule has 0 spiro atoms. The fourth-order valence-electron chi connectivity index (χ4n) is 1.49. The Kier molecular flexibility index (Phi) is 2.57. The third-order valence-electron chi connectivity index (χ3n) is 2.29. The van der Waals surface area contributed by atoms with Crippen LogP contribution in [0.1, 0.15) is 11.9 Å². The minimum Gasteiger partial charge on any atom is -0.508 e. The molecule has 0 radical (unpaired) electrons. The fourth-order valence-corrected chi connectivity index (χ4v) is 1.49. The summed E-state index contributed by atoms with van der Waals surface area (Å²) >= 11 is 0. The van der Waals surface area contributed by atoms with Crippen LogP contribution in [0, 0.1) is 0 Å². The van der Waals surface area contributed by atoms with Crippen molar-refractivity contribution in [1.29, 1.82) is 0 Å². The maximum atomic E-state index is 9.29. The van der Waals surface area contributed by atoms with Gasteiger partial charge in [-0.3, -0.25) is 0 Å². The Labute approximate surface area is 86.9 Å². The number of imidazole rings is 1. The molecule has 2 aromatic rings. The van der Waals surface area contributed by atoms with Gasteiger partial charge in [0.1, 0.15) is 17.7 Å². The van der Waals surface area contributed by atoms with E-state index in [0.29, 0.717) is 12.4 Å². The van der Waals surface area contributed by atoms with Crippen LogP contribution in [0.5, 0.6) is 5.75 Å². The Bertz CT molecular complexity index is 463. The molecule has 0 fully saturated rings. The SMILES string of the molecule is COC(CN)c1nc2ccc(O)cc2[nH]1. The number of hydrogen-bond donors (Lipinski definition) is 3. The van der Waals surface area contributed by atoms with Crippen molar-refractivity contribution in [3.8, 4) is 5.75 Å². The first-order valence-corrected chi connectivity index (χ1v) is 4.66. The fraction of sp³-hybridized carbons (Fsp3) is 0.300. The van der Waals surface area contributed by atoms with Crippen LogP contribution >= 0.6 is 0 Å². The summed E-state index contributed by atoms with van der Waals surface area (Å²) in [4.78, 5) is 7.39.